The minimum atomic E-state index is -4.72. The SMILES string of the molecule is Cc1ccc(S(=O)(=O)N(CC(=O)N/N=C\c2ccc(OCC(=O)NCCc3ccccc3)cc2)c2cccc(C(F)(F)F)c2)cc1. The zero-order chi connectivity index (χ0) is 33.2. The van der Waals surface area contributed by atoms with Gasteiger partial charge < -0.3 is 10.1 Å². The van der Waals surface area contributed by atoms with E-state index in [0.717, 1.165) is 23.3 Å². The van der Waals surface area contributed by atoms with Gasteiger partial charge in [-0.3, -0.25) is 13.9 Å². The number of hydrogen-bond donors (Lipinski definition) is 2. The Hall–Kier alpha value is -5.17. The largest absolute Gasteiger partial charge is 0.484 e. The second kappa shape index (κ2) is 15.2. The maximum absolute atomic E-state index is 13.5. The summed E-state index contributed by atoms with van der Waals surface area (Å²) in [7, 11) is -4.43. The van der Waals surface area contributed by atoms with Crippen LogP contribution in [-0.2, 0) is 32.2 Å². The van der Waals surface area contributed by atoms with Crippen LogP contribution in [-0.4, -0.2) is 46.1 Å². The molecule has 0 saturated heterocycles. The zero-order valence-electron chi connectivity index (χ0n) is 24.7. The van der Waals surface area contributed by atoms with E-state index in [4.69, 9.17) is 4.74 Å². The molecular weight excluding hydrogens is 621 g/mol. The Labute approximate surface area is 264 Å². The normalized spacial score (nSPS) is 11.7. The van der Waals surface area contributed by atoms with Crippen molar-refractivity contribution in [3.05, 3.63) is 125 Å². The number of aryl methyl sites for hydroxylation is 1. The molecule has 0 heterocycles. The van der Waals surface area contributed by atoms with Crippen molar-refractivity contribution in [3.63, 3.8) is 0 Å². The number of halogens is 3. The first-order chi connectivity index (χ1) is 21.9. The van der Waals surface area contributed by atoms with Crippen molar-refractivity contribution in [2.45, 2.75) is 24.4 Å². The maximum atomic E-state index is 13.5. The predicted molar refractivity (Wildman–Crippen MR) is 168 cm³/mol. The Morgan fingerprint density at radius 3 is 2.26 bits per heavy atom. The lowest BCUT2D eigenvalue weighted by atomic mass is 10.1. The van der Waals surface area contributed by atoms with Crippen LogP contribution in [0.25, 0.3) is 0 Å². The van der Waals surface area contributed by atoms with E-state index in [1.165, 1.54) is 24.4 Å². The first kappa shape index (κ1) is 33.7. The molecule has 2 amide bonds. The summed E-state index contributed by atoms with van der Waals surface area (Å²) >= 11 is 0. The van der Waals surface area contributed by atoms with Gasteiger partial charge in [-0.1, -0.05) is 54.1 Å². The number of amides is 2. The van der Waals surface area contributed by atoms with Gasteiger partial charge in [0.2, 0.25) is 0 Å². The fourth-order valence-corrected chi connectivity index (χ4v) is 5.59. The minimum absolute atomic E-state index is 0.174. The average Bonchev–Trinajstić information content (AvgIpc) is 3.03. The molecule has 4 aromatic rings. The second-order valence-corrected chi connectivity index (χ2v) is 12.0. The molecule has 9 nitrogen and oxygen atoms in total. The molecule has 0 fully saturated rings. The summed E-state index contributed by atoms with van der Waals surface area (Å²) in [5.41, 5.74) is 3.24. The van der Waals surface area contributed by atoms with Crippen LogP contribution in [0.4, 0.5) is 18.9 Å². The van der Waals surface area contributed by atoms with Gasteiger partial charge in [-0.15, -0.1) is 0 Å². The maximum Gasteiger partial charge on any atom is 0.416 e. The predicted octanol–water partition coefficient (Wildman–Crippen LogP) is 5.10. The molecule has 4 aromatic carbocycles. The summed E-state index contributed by atoms with van der Waals surface area (Å²) in [5.74, 6) is -0.729. The molecule has 0 aliphatic heterocycles. The topological polar surface area (TPSA) is 117 Å². The summed E-state index contributed by atoms with van der Waals surface area (Å²) in [6, 6.07) is 25.6. The molecule has 0 aliphatic carbocycles. The lowest BCUT2D eigenvalue weighted by Gasteiger charge is -2.24. The third-order valence-corrected chi connectivity index (χ3v) is 8.38. The molecule has 0 bridgehead atoms. The lowest BCUT2D eigenvalue weighted by molar-refractivity contribution is -0.137. The Morgan fingerprint density at radius 1 is 0.891 bits per heavy atom. The van der Waals surface area contributed by atoms with Crippen LogP contribution in [0, 0.1) is 6.92 Å². The van der Waals surface area contributed by atoms with Crippen LogP contribution in [0.15, 0.2) is 113 Å². The Morgan fingerprint density at radius 2 is 1.59 bits per heavy atom. The number of nitrogens with one attached hydrogen (secondary N) is 2. The number of alkyl halides is 3. The van der Waals surface area contributed by atoms with Gasteiger partial charge in [-0.05, 0) is 79.1 Å². The van der Waals surface area contributed by atoms with E-state index < -0.39 is 34.2 Å². The standard InChI is InChI=1S/C33H31F3N4O5S/c1-24-10-16-30(17-11-24)46(43,44)40(28-9-5-8-27(20-28)33(34,35)36)22-31(41)39-38-21-26-12-14-29(15-13-26)45-23-32(42)37-19-18-25-6-3-2-4-7-25/h2-17,20-21H,18-19,22-23H2,1H3,(H,37,42)(H,39,41)/b38-21-. The molecule has 2 N–H and O–H groups in total. The number of benzene rings is 4. The highest BCUT2D eigenvalue weighted by atomic mass is 32.2. The molecular formula is C33H31F3N4O5S. The number of rotatable bonds is 13. The van der Waals surface area contributed by atoms with Crippen LogP contribution in [0.2, 0.25) is 0 Å². The van der Waals surface area contributed by atoms with Crippen molar-refractivity contribution in [3.8, 4) is 5.75 Å². The quantitative estimate of drug-likeness (QED) is 0.154. The Balaban J connectivity index is 1.35. The highest BCUT2D eigenvalue weighted by Crippen LogP contribution is 2.33. The van der Waals surface area contributed by atoms with Crippen LogP contribution < -0.4 is 19.8 Å². The molecule has 240 valence electrons. The third kappa shape index (κ3) is 9.66. The van der Waals surface area contributed by atoms with Crippen LogP contribution >= 0.6 is 0 Å². The summed E-state index contributed by atoms with van der Waals surface area (Å²) < 4.78 is 73.2. The number of hydrogen-bond acceptors (Lipinski definition) is 6. The van der Waals surface area contributed by atoms with Crippen molar-refractivity contribution >= 4 is 33.7 Å². The van der Waals surface area contributed by atoms with Crippen molar-refractivity contribution in [1.82, 2.24) is 10.7 Å². The highest BCUT2D eigenvalue weighted by Gasteiger charge is 2.33. The smallest absolute Gasteiger partial charge is 0.416 e. The van der Waals surface area contributed by atoms with E-state index in [1.807, 2.05) is 30.3 Å². The second-order valence-electron chi connectivity index (χ2n) is 10.1. The summed E-state index contributed by atoms with van der Waals surface area (Å²) in [5, 5.41) is 6.63. The lowest BCUT2D eigenvalue weighted by Crippen LogP contribution is -2.39. The van der Waals surface area contributed by atoms with Crippen LogP contribution in [0.5, 0.6) is 5.75 Å². The van der Waals surface area contributed by atoms with Crippen molar-refractivity contribution in [1.29, 1.82) is 0 Å². The molecule has 46 heavy (non-hydrogen) atoms. The Kier molecular flexibility index (Phi) is 11.2. The van der Waals surface area contributed by atoms with Gasteiger partial charge in [0, 0.05) is 6.54 Å². The van der Waals surface area contributed by atoms with Crippen molar-refractivity contribution in [2.24, 2.45) is 5.10 Å². The molecule has 4 rings (SSSR count). The van der Waals surface area contributed by atoms with E-state index >= 15 is 0 Å². The molecule has 0 atom stereocenters. The average molecular weight is 653 g/mol. The van der Waals surface area contributed by atoms with Gasteiger partial charge >= 0.3 is 6.18 Å². The summed E-state index contributed by atoms with van der Waals surface area (Å²) in [6.07, 6.45) is -2.73. The van der Waals surface area contributed by atoms with Gasteiger partial charge in [0.1, 0.15) is 12.3 Å². The molecule has 0 saturated carbocycles. The molecule has 0 aromatic heterocycles. The van der Waals surface area contributed by atoms with E-state index in [0.29, 0.717) is 34.7 Å². The third-order valence-electron chi connectivity index (χ3n) is 6.59. The first-order valence-electron chi connectivity index (χ1n) is 14.0. The molecule has 0 aliphatic rings. The molecule has 13 heteroatoms. The fraction of sp³-hybridized carbons (Fsp3) is 0.182. The van der Waals surface area contributed by atoms with Gasteiger partial charge in [0.25, 0.3) is 21.8 Å². The number of carbonyl (C=O) groups is 2. The molecule has 0 spiro atoms. The highest BCUT2D eigenvalue weighted by molar-refractivity contribution is 7.92. The van der Waals surface area contributed by atoms with Gasteiger partial charge in [-0.2, -0.15) is 18.3 Å². The van der Waals surface area contributed by atoms with E-state index in [2.05, 4.69) is 15.8 Å². The van der Waals surface area contributed by atoms with Crippen molar-refractivity contribution in [2.75, 3.05) is 24.0 Å². The number of carbonyl (C=O) groups excluding carboxylic acids is 2. The van der Waals surface area contributed by atoms with Gasteiger partial charge in [0.05, 0.1) is 22.4 Å². The zero-order valence-corrected chi connectivity index (χ0v) is 25.5. The number of hydrazone groups is 1. The summed E-state index contributed by atoms with van der Waals surface area (Å²) in [4.78, 5) is 24.7. The molecule has 0 radical (unpaired) electrons. The van der Waals surface area contributed by atoms with E-state index in [1.54, 1.807) is 43.3 Å². The summed E-state index contributed by atoms with van der Waals surface area (Å²) in [6.45, 7) is 1.21. The monoisotopic (exact) mass is 652 g/mol. The van der Waals surface area contributed by atoms with Crippen LogP contribution in [0.3, 0.4) is 0 Å². The number of ether oxygens (including phenoxy) is 1. The Bertz CT molecular complexity index is 1760. The van der Waals surface area contributed by atoms with Crippen molar-refractivity contribution < 1.29 is 35.9 Å². The van der Waals surface area contributed by atoms with Crippen LogP contribution in [0.1, 0.15) is 22.3 Å². The van der Waals surface area contributed by atoms with E-state index in [-0.39, 0.29) is 23.1 Å². The fourth-order valence-electron chi connectivity index (χ4n) is 4.18. The number of sulfonamides is 1. The molecule has 0 unspecified atom stereocenters. The first-order valence-corrected chi connectivity index (χ1v) is 15.5. The number of anilines is 1. The minimum Gasteiger partial charge on any atom is -0.484 e. The van der Waals surface area contributed by atoms with E-state index in [9.17, 15) is 31.2 Å². The van der Waals surface area contributed by atoms with Gasteiger partial charge in [0.15, 0.2) is 6.61 Å². The number of nitrogens with zero attached hydrogens (tertiary/aromatic N) is 2. The van der Waals surface area contributed by atoms with Gasteiger partial charge in [-0.25, -0.2) is 13.8 Å².